The first-order valence-corrected chi connectivity index (χ1v) is 7.27. The Morgan fingerprint density at radius 3 is 2.70 bits per heavy atom. The topological polar surface area (TPSA) is 64.7 Å². The standard InChI is InChI=1S/C16H25NO3/c1-11-3-4-13(9-15(11)19-2)14(10-17)16(18)12-5-7-20-8-6-12/h3-4,9,12,14,16,18H,5-8,10,17H2,1-2H3. The van der Waals surface area contributed by atoms with Gasteiger partial charge in [-0.3, -0.25) is 0 Å². The Kier molecular flexibility index (Phi) is 5.40. The van der Waals surface area contributed by atoms with Crippen molar-refractivity contribution in [2.75, 3.05) is 26.9 Å². The van der Waals surface area contributed by atoms with Crippen LogP contribution in [0, 0.1) is 12.8 Å². The molecule has 1 aliphatic heterocycles. The summed E-state index contributed by atoms with van der Waals surface area (Å²) >= 11 is 0. The molecule has 20 heavy (non-hydrogen) atoms. The lowest BCUT2D eigenvalue weighted by molar-refractivity contribution is -0.00196. The lowest BCUT2D eigenvalue weighted by atomic mass is 9.82. The van der Waals surface area contributed by atoms with E-state index < -0.39 is 6.10 Å². The number of hydrogen-bond acceptors (Lipinski definition) is 4. The number of methoxy groups -OCH3 is 1. The number of rotatable bonds is 5. The Balaban J connectivity index is 2.18. The minimum atomic E-state index is -0.420. The van der Waals surface area contributed by atoms with Crippen LogP contribution in [0.15, 0.2) is 18.2 Å². The van der Waals surface area contributed by atoms with Gasteiger partial charge in [-0.25, -0.2) is 0 Å². The van der Waals surface area contributed by atoms with Gasteiger partial charge in [-0.2, -0.15) is 0 Å². The highest BCUT2D eigenvalue weighted by molar-refractivity contribution is 5.38. The van der Waals surface area contributed by atoms with E-state index in [9.17, 15) is 5.11 Å². The molecule has 2 unspecified atom stereocenters. The Morgan fingerprint density at radius 1 is 1.40 bits per heavy atom. The highest BCUT2D eigenvalue weighted by Crippen LogP contribution is 2.31. The first kappa shape index (κ1) is 15.3. The number of aliphatic hydroxyl groups is 1. The fourth-order valence-corrected chi connectivity index (χ4v) is 2.93. The first-order valence-electron chi connectivity index (χ1n) is 7.27. The van der Waals surface area contributed by atoms with Gasteiger partial charge in [-0.1, -0.05) is 12.1 Å². The minimum absolute atomic E-state index is 0.0485. The third-order valence-corrected chi connectivity index (χ3v) is 4.28. The highest BCUT2D eigenvalue weighted by atomic mass is 16.5. The molecule has 2 atom stereocenters. The normalized spacial score (nSPS) is 19.6. The Morgan fingerprint density at radius 2 is 2.10 bits per heavy atom. The zero-order chi connectivity index (χ0) is 14.5. The summed E-state index contributed by atoms with van der Waals surface area (Å²) in [5, 5.41) is 10.6. The number of aryl methyl sites for hydroxylation is 1. The number of hydrogen-bond donors (Lipinski definition) is 2. The van der Waals surface area contributed by atoms with Gasteiger partial charge in [0.15, 0.2) is 0 Å². The van der Waals surface area contributed by atoms with Gasteiger partial charge >= 0.3 is 0 Å². The van der Waals surface area contributed by atoms with Crippen LogP contribution in [0.3, 0.4) is 0 Å². The summed E-state index contributed by atoms with van der Waals surface area (Å²) < 4.78 is 10.7. The molecule has 0 radical (unpaired) electrons. The Hall–Kier alpha value is -1.10. The van der Waals surface area contributed by atoms with Crippen LogP contribution in [0.1, 0.15) is 29.9 Å². The van der Waals surface area contributed by atoms with Crippen LogP contribution in [0.2, 0.25) is 0 Å². The van der Waals surface area contributed by atoms with E-state index in [1.807, 2.05) is 25.1 Å². The zero-order valence-corrected chi connectivity index (χ0v) is 12.3. The average molecular weight is 279 g/mol. The minimum Gasteiger partial charge on any atom is -0.496 e. The molecular weight excluding hydrogens is 254 g/mol. The van der Waals surface area contributed by atoms with Crippen molar-refractivity contribution >= 4 is 0 Å². The molecule has 1 aromatic rings. The molecule has 2 rings (SSSR count). The predicted octanol–water partition coefficient (Wildman–Crippen LogP) is 1.83. The zero-order valence-electron chi connectivity index (χ0n) is 12.3. The van der Waals surface area contributed by atoms with Crippen molar-refractivity contribution in [3.8, 4) is 5.75 Å². The highest BCUT2D eigenvalue weighted by Gasteiger charge is 2.29. The Labute approximate surface area is 120 Å². The third kappa shape index (κ3) is 3.32. The molecule has 0 spiro atoms. The maximum absolute atomic E-state index is 10.6. The third-order valence-electron chi connectivity index (χ3n) is 4.28. The molecular formula is C16H25NO3. The predicted molar refractivity (Wildman–Crippen MR) is 79.1 cm³/mol. The molecule has 1 heterocycles. The van der Waals surface area contributed by atoms with Crippen molar-refractivity contribution in [1.29, 1.82) is 0 Å². The maximum Gasteiger partial charge on any atom is 0.122 e. The molecule has 1 fully saturated rings. The number of benzene rings is 1. The summed E-state index contributed by atoms with van der Waals surface area (Å²) in [4.78, 5) is 0. The van der Waals surface area contributed by atoms with E-state index in [0.717, 1.165) is 42.9 Å². The molecule has 0 bridgehead atoms. The molecule has 3 N–H and O–H groups in total. The van der Waals surface area contributed by atoms with E-state index in [2.05, 4.69) is 0 Å². The number of aliphatic hydroxyl groups excluding tert-OH is 1. The van der Waals surface area contributed by atoms with Crippen LogP contribution >= 0.6 is 0 Å². The molecule has 4 heteroatoms. The first-order chi connectivity index (χ1) is 9.67. The number of ether oxygens (including phenoxy) is 2. The van der Waals surface area contributed by atoms with E-state index in [0.29, 0.717) is 6.54 Å². The van der Waals surface area contributed by atoms with E-state index in [4.69, 9.17) is 15.2 Å². The van der Waals surface area contributed by atoms with Gasteiger partial charge < -0.3 is 20.3 Å². The fourth-order valence-electron chi connectivity index (χ4n) is 2.93. The van der Waals surface area contributed by atoms with Gasteiger partial charge in [0.25, 0.3) is 0 Å². The Bertz CT molecular complexity index is 430. The van der Waals surface area contributed by atoms with Crippen LogP contribution in [0.5, 0.6) is 5.75 Å². The average Bonchev–Trinajstić information content (AvgIpc) is 2.50. The number of nitrogens with two attached hydrogens (primary N) is 1. The van der Waals surface area contributed by atoms with Gasteiger partial charge in [0, 0.05) is 25.7 Å². The quantitative estimate of drug-likeness (QED) is 0.863. The van der Waals surface area contributed by atoms with Crippen molar-refractivity contribution in [2.45, 2.75) is 31.8 Å². The lowest BCUT2D eigenvalue weighted by Gasteiger charge is -2.32. The molecule has 0 saturated carbocycles. The molecule has 0 aliphatic carbocycles. The molecule has 0 aromatic heterocycles. The summed E-state index contributed by atoms with van der Waals surface area (Å²) in [7, 11) is 1.67. The van der Waals surface area contributed by atoms with Crippen molar-refractivity contribution in [3.63, 3.8) is 0 Å². The van der Waals surface area contributed by atoms with Crippen molar-refractivity contribution in [3.05, 3.63) is 29.3 Å². The molecule has 1 aliphatic rings. The molecule has 1 aromatic carbocycles. The fraction of sp³-hybridized carbons (Fsp3) is 0.625. The molecule has 0 amide bonds. The van der Waals surface area contributed by atoms with Crippen LogP contribution < -0.4 is 10.5 Å². The SMILES string of the molecule is COc1cc(C(CN)C(O)C2CCOCC2)ccc1C. The summed E-state index contributed by atoms with van der Waals surface area (Å²) in [5.74, 6) is 1.07. The van der Waals surface area contributed by atoms with Gasteiger partial charge in [0.2, 0.25) is 0 Å². The summed E-state index contributed by atoms with van der Waals surface area (Å²) in [5.41, 5.74) is 8.05. The van der Waals surface area contributed by atoms with Gasteiger partial charge in [-0.15, -0.1) is 0 Å². The second-order valence-electron chi connectivity index (χ2n) is 5.51. The monoisotopic (exact) mass is 279 g/mol. The second kappa shape index (κ2) is 7.07. The van der Waals surface area contributed by atoms with Gasteiger partial charge in [-0.05, 0) is 42.9 Å². The smallest absolute Gasteiger partial charge is 0.122 e. The summed E-state index contributed by atoms with van der Waals surface area (Å²) in [6, 6.07) is 6.06. The van der Waals surface area contributed by atoms with Crippen LogP contribution in [-0.2, 0) is 4.74 Å². The molecule has 4 nitrogen and oxygen atoms in total. The van der Waals surface area contributed by atoms with E-state index in [1.54, 1.807) is 7.11 Å². The van der Waals surface area contributed by atoms with E-state index in [-0.39, 0.29) is 11.8 Å². The van der Waals surface area contributed by atoms with Crippen molar-refractivity contribution < 1.29 is 14.6 Å². The molecule has 112 valence electrons. The van der Waals surface area contributed by atoms with E-state index >= 15 is 0 Å². The van der Waals surface area contributed by atoms with Crippen LogP contribution in [0.25, 0.3) is 0 Å². The van der Waals surface area contributed by atoms with E-state index in [1.165, 1.54) is 0 Å². The van der Waals surface area contributed by atoms with Crippen molar-refractivity contribution in [2.24, 2.45) is 11.7 Å². The van der Waals surface area contributed by atoms with Crippen LogP contribution in [0.4, 0.5) is 0 Å². The molecule has 1 saturated heterocycles. The van der Waals surface area contributed by atoms with Gasteiger partial charge in [0.1, 0.15) is 5.75 Å². The lowest BCUT2D eigenvalue weighted by Crippen LogP contribution is -2.35. The summed E-state index contributed by atoms with van der Waals surface area (Å²) in [6.45, 7) is 3.91. The van der Waals surface area contributed by atoms with Crippen molar-refractivity contribution in [1.82, 2.24) is 0 Å². The maximum atomic E-state index is 10.6. The van der Waals surface area contributed by atoms with Crippen LogP contribution in [-0.4, -0.2) is 38.1 Å². The second-order valence-corrected chi connectivity index (χ2v) is 5.51. The largest absolute Gasteiger partial charge is 0.496 e. The van der Waals surface area contributed by atoms with Gasteiger partial charge in [0.05, 0.1) is 13.2 Å². The summed E-state index contributed by atoms with van der Waals surface area (Å²) in [6.07, 6.45) is 1.39.